The number of nitrogens with zero attached hydrogens (tertiary/aromatic N) is 4. The fraction of sp³-hybridized carbons (Fsp3) is 0.320. The summed E-state index contributed by atoms with van der Waals surface area (Å²) < 4.78 is 16.8. The van der Waals surface area contributed by atoms with Crippen LogP contribution in [0.1, 0.15) is 32.5 Å². The van der Waals surface area contributed by atoms with Gasteiger partial charge in [-0.1, -0.05) is 49.3 Å². The van der Waals surface area contributed by atoms with Gasteiger partial charge in [0.15, 0.2) is 5.15 Å². The molecule has 184 valence electrons. The zero-order chi connectivity index (χ0) is 25.5. The fourth-order valence-electron chi connectivity index (χ4n) is 4.43. The van der Waals surface area contributed by atoms with Gasteiger partial charge in [-0.2, -0.15) is 5.10 Å². The first-order chi connectivity index (χ1) is 16.5. The molecule has 6 nitrogen and oxygen atoms in total. The number of hydrogen-bond acceptors (Lipinski definition) is 4. The Morgan fingerprint density at radius 2 is 2.00 bits per heavy atom. The monoisotopic (exact) mass is 530 g/mol. The molecule has 3 atom stereocenters. The second-order valence-corrected chi connectivity index (χ2v) is 12.6. The van der Waals surface area contributed by atoms with Crippen LogP contribution in [0, 0.1) is 6.92 Å². The molecule has 1 aliphatic heterocycles. The number of benzene rings is 1. The number of hydrogen-bond donors (Lipinski definition) is 0. The lowest BCUT2D eigenvalue weighted by Gasteiger charge is -2.33. The van der Waals surface area contributed by atoms with Crippen LogP contribution in [0.2, 0.25) is 0 Å². The van der Waals surface area contributed by atoms with Crippen LogP contribution in [0.3, 0.4) is 0 Å². The van der Waals surface area contributed by atoms with E-state index in [4.69, 9.17) is 0 Å². The van der Waals surface area contributed by atoms with E-state index < -0.39 is 5.15 Å². The third-order valence-corrected chi connectivity index (χ3v) is 7.71. The molecule has 0 saturated heterocycles. The number of fused-ring (bicyclic) bond motifs is 1. The Morgan fingerprint density at radius 1 is 1.29 bits per heavy atom. The molecule has 0 fully saturated rings. The number of carbonyl (C=O) groups excluding carboxylic acids is 2. The number of thiophene rings is 1. The molecule has 0 aliphatic carbocycles. The first-order valence-electron chi connectivity index (χ1n) is 11.1. The summed E-state index contributed by atoms with van der Waals surface area (Å²) in [5.74, 6) is -0.343. The Bertz CT molecular complexity index is 1290. The highest BCUT2D eigenvalue weighted by atomic mass is 32.1. The lowest BCUT2D eigenvalue weighted by atomic mass is 9.83. The lowest BCUT2D eigenvalue weighted by molar-refractivity contribution is -0.129. The van der Waals surface area contributed by atoms with E-state index in [9.17, 15) is 9.59 Å². The molecule has 2 amide bonds. The van der Waals surface area contributed by atoms with E-state index in [0.29, 0.717) is 18.7 Å². The van der Waals surface area contributed by atoms with Gasteiger partial charge < -0.3 is 9.80 Å². The molecule has 3 aromatic rings. The predicted octanol–water partition coefficient (Wildman–Crippen LogP) is 4.50. The molecule has 0 saturated carbocycles. The first kappa shape index (κ1) is 25.7. The first-order valence-corrected chi connectivity index (χ1v) is 13.1. The van der Waals surface area contributed by atoms with Crippen LogP contribution >= 0.6 is 29.8 Å². The summed E-state index contributed by atoms with van der Waals surface area (Å²) in [6, 6.07) is 10.0. The summed E-state index contributed by atoms with van der Waals surface area (Å²) >= 11 is 1.69. The molecular weight excluding hydrogens is 501 g/mol. The van der Waals surface area contributed by atoms with Gasteiger partial charge in [0.25, 0.3) is 0 Å². The third-order valence-electron chi connectivity index (χ3n) is 6.11. The highest BCUT2D eigenvalue weighted by molar-refractivity contribution is 7.38. The van der Waals surface area contributed by atoms with Crippen molar-refractivity contribution in [3.8, 4) is 11.1 Å². The Balaban J connectivity index is 1.86. The number of aryl methyl sites for hydroxylation is 1. The molecule has 4 rings (SSSR count). The fourth-order valence-corrected chi connectivity index (χ4v) is 5.97. The molecule has 1 aromatic carbocycles. The Labute approximate surface area is 213 Å². The average molecular weight is 531 g/mol. The maximum absolute atomic E-state index is 15.3. The molecular formula is C25H29FN4O2P2S. The molecule has 1 aliphatic rings. The minimum absolute atomic E-state index is 0.00644. The molecule has 0 radical (unpaired) electrons. The number of aromatic nitrogens is 2. The van der Waals surface area contributed by atoms with E-state index >= 15 is 4.39 Å². The number of carbonyl (C=O) groups is 2. The number of halogens is 1. The van der Waals surface area contributed by atoms with Crippen LogP contribution in [-0.4, -0.2) is 52.0 Å². The minimum atomic E-state index is -1.88. The number of rotatable bonds is 6. The molecule has 0 bridgehead atoms. The molecule has 0 spiro atoms. The molecule has 10 heteroatoms. The van der Waals surface area contributed by atoms with Gasteiger partial charge in [0.1, 0.15) is 12.2 Å². The quantitative estimate of drug-likeness (QED) is 0.349. The number of alkyl halides is 1. The van der Waals surface area contributed by atoms with Crippen LogP contribution < -0.4 is 0 Å². The Morgan fingerprint density at radius 3 is 2.66 bits per heavy atom. The smallest absolute Gasteiger partial charge is 0.246 e. The zero-order valence-corrected chi connectivity index (χ0v) is 23.1. The molecule has 35 heavy (non-hydrogen) atoms. The van der Waals surface area contributed by atoms with Crippen LogP contribution in [0.4, 0.5) is 4.39 Å². The predicted molar refractivity (Wildman–Crippen MR) is 145 cm³/mol. The van der Waals surface area contributed by atoms with Crippen molar-refractivity contribution in [2.75, 3.05) is 20.6 Å². The van der Waals surface area contributed by atoms with Gasteiger partial charge in [0.05, 0.1) is 6.54 Å². The van der Waals surface area contributed by atoms with Crippen LogP contribution in [0.15, 0.2) is 49.2 Å². The maximum atomic E-state index is 15.3. The van der Waals surface area contributed by atoms with Crippen molar-refractivity contribution in [1.29, 1.82) is 0 Å². The van der Waals surface area contributed by atoms with Gasteiger partial charge >= 0.3 is 0 Å². The van der Waals surface area contributed by atoms with Crippen molar-refractivity contribution >= 4 is 41.6 Å². The highest BCUT2D eigenvalue weighted by Gasteiger charge is 2.34. The van der Waals surface area contributed by atoms with Crippen molar-refractivity contribution in [3.63, 3.8) is 0 Å². The Kier molecular flexibility index (Phi) is 7.28. The molecule has 0 N–H and O–H groups in total. The van der Waals surface area contributed by atoms with E-state index in [0.717, 1.165) is 16.0 Å². The van der Waals surface area contributed by atoms with E-state index in [-0.39, 0.29) is 30.0 Å². The van der Waals surface area contributed by atoms with Crippen LogP contribution in [-0.2, 0) is 27.8 Å². The van der Waals surface area contributed by atoms with E-state index in [1.54, 1.807) is 36.5 Å². The average Bonchev–Trinajstić information content (AvgIpc) is 3.40. The molecule has 3 heterocycles. The van der Waals surface area contributed by atoms with E-state index in [1.807, 2.05) is 24.3 Å². The number of amides is 2. The summed E-state index contributed by atoms with van der Waals surface area (Å²) in [5, 5.41) is 2.57. The summed E-state index contributed by atoms with van der Waals surface area (Å²) in [6.45, 7) is 6.78. The second-order valence-electron chi connectivity index (χ2n) is 8.94. The highest BCUT2D eigenvalue weighted by Crippen LogP contribution is 2.47. The summed E-state index contributed by atoms with van der Waals surface area (Å²) in [4.78, 5) is 30.5. The van der Waals surface area contributed by atoms with Crippen molar-refractivity contribution in [2.24, 2.45) is 0 Å². The standard InChI is InChI=1S/C25H29FN4O2P2S/c1-5-22(31)29-11-19(18-10-15(2)35-21(18)13-29)16-8-6-7-9-17(16)20-12-30(14-23(32)28(3)4)27-24(20)25(26,33)34/h5-10,12,19H,1,11,13-14,33-34H2,2-4H3/t19-/m1/s1. The van der Waals surface area contributed by atoms with Gasteiger partial charge in [-0.3, -0.25) is 14.3 Å². The summed E-state index contributed by atoms with van der Waals surface area (Å²) in [7, 11) is 7.70. The van der Waals surface area contributed by atoms with E-state index in [2.05, 4.69) is 43.1 Å². The van der Waals surface area contributed by atoms with Gasteiger partial charge in [0, 0.05) is 48.1 Å². The number of likely N-dealkylation sites (N-methyl/N-ethyl adjacent to an activating group) is 1. The Hall–Kier alpha value is -2.40. The van der Waals surface area contributed by atoms with Gasteiger partial charge in [0.2, 0.25) is 11.8 Å². The molecule has 2 unspecified atom stereocenters. The van der Waals surface area contributed by atoms with Crippen LogP contribution in [0.5, 0.6) is 0 Å². The molecule has 2 aromatic heterocycles. The SMILES string of the molecule is C=CC(=O)N1Cc2sc(C)cc2[C@@H](c2ccccc2-c2cn(CC(=O)N(C)C)nc2C(F)(P)P)C1. The second kappa shape index (κ2) is 9.93. The normalized spacial score (nSPS) is 15.6. The zero-order valence-electron chi connectivity index (χ0n) is 20.0. The summed E-state index contributed by atoms with van der Waals surface area (Å²) in [5.41, 5.74) is 3.81. The topological polar surface area (TPSA) is 58.4 Å². The summed E-state index contributed by atoms with van der Waals surface area (Å²) in [6.07, 6.45) is 3.08. The van der Waals surface area contributed by atoms with Crippen molar-refractivity contribution in [3.05, 3.63) is 75.8 Å². The van der Waals surface area contributed by atoms with Crippen molar-refractivity contribution in [2.45, 2.75) is 31.1 Å². The van der Waals surface area contributed by atoms with Crippen molar-refractivity contribution < 1.29 is 14.0 Å². The third kappa shape index (κ3) is 5.25. The minimum Gasteiger partial charge on any atom is -0.347 e. The van der Waals surface area contributed by atoms with Gasteiger partial charge in [-0.05, 0) is 35.8 Å². The van der Waals surface area contributed by atoms with Gasteiger partial charge in [-0.15, -0.1) is 11.3 Å². The van der Waals surface area contributed by atoms with E-state index in [1.165, 1.54) is 26.1 Å². The maximum Gasteiger partial charge on any atom is 0.246 e. The van der Waals surface area contributed by atoms with Crippen molar-refractivity contribution in [1.82, 2.24) is 19.6 Å². The van der Waals surface area contributed by atoms with Gasteiger partial charge in [-0.25, -0.2) is 4.39 Å². The largest absolute Gasteiger partial charge is 0.347 e. The van der Waals surface area contributed by atoms with Crippen LogP contribution in [0.25, 0.3) is 11.1 Å². The lowest BCUT2D eigenvalue weighted by Crippen LogP contribution is -2.37.